The van der Waals surface area contributed by atoms with Crippen LogP contribution in [0.2, 0.25) is 5.02 Å². The Hall–Kier alpha value is -1.26. The number of carbonyl (C=O) groups is 1. The fourth-order valence-corrected chi connectivity index (χ4v) is 3.67. The Labute approximate surface area is 130 Å². The fourth-order valence-electron chi connectivity index (χ4n) is 3.43. The number of rotatable bonds is 2. The first kappa shape index (κ1) is 14.7. The van der Waals surface area contributed by atoms with Crippen LogP contribution < -0.4 is 5.73 Å². The van der Waals surface area contributed by atoms with E-state index in [4.69, 9.17) is 17.3 Å². The normalized spacial score (nSPS) is 23.5. The average Bonchev–Trinajstić information content (AvgIpc) is 2.96. The highest BCUT2D eigenvalue weighted by Gasteiger charge is 2.31. The van der Waals surface area contributed by atoms with E-state index in [1.807, 2.05) is 4.90 Å². The van der Waals surface area contributed by atoms with E-state index >= 15 is 0 Å². The van der Waals surface area contributed by atoms with Crippen LogP contribution >= 0.6 is 11.6 Å². The molecule has 2 heterocycles. The van der Waals surface area contributed by atoms with Crippen LogP contribution in [0.15, 0.2) is 18.2 Å². The van der Waals surface area contributed by atoms with Gasteiger partial charge in [0.05, 0.1) is 0 Å². The molecule has 2 aliphatic rings. The fraction of sp³-hybridized carbons (Fsp3) is 0.562. The number of nitrogens with zero attached hydrogens (tertiary/aromatic N) is 2. The predicted octanol–water partition coefficient (Wildman–Crippen LogP) is 2.62. The Morgan fingerprint density at radius 2 is 1.90 bits per heavy atom. The topological polar surface area (TPSA) is 49.6 Å². The van der Waals surface area contributed by atoms with Crippen molar-refractivity contribution in [2.75, 3.05) is 31.9 Å². The molecule has 0 bridgehead atoms. The van der Waals surface area contributed by atoms with E-state index in [1.165, 1.54) is 32.4 Å². The third-order valence-electron chi connectivity index (χ3n) is 4.52. The Kier molecular flexibility index (Phi) is 4.36. The molecule has 2 aliphatic heterocycles. The number of piperidine rings is 1. The molecule has 2 fully saturated rings. The molecule has 5 heteroatoms. The Bertz CT molecular complexity index is 508. The Balaban J connectivity index is 1.66. The largest absolute Gasteiger partial charge is 0.399 e. The zero-order valence-corrected chi connectivity index (χ0v) is 13.0. The second-order valence-corrected chi connectivity index (χ2v) is 6.50. The molecule has 3 rings (SSSR count). The van der Waals surface area contributed by atoms with Crippen molar-refractivity contribution in [3.63, 3.8) is 0 Å². The maximum absolute atomic E-state index is 12.6. The lowest BCUT2D eigenvalue weighted by Crippen LogP contribution is -2.41. The van der Waals surface area contributed by atoms with E-state index < -0.39 is 0 Å². The van der Waals surface area contributed by atoms with Gasteiger partial charge in [-0.25, -0.2) is 0 Å². The molecule has 0 aromatic heterocycles. The zero-order valence-electron chi connectivity index (χ0n) is 12.2. The van der Waals surface area contributed by atoms with Crippen molar-refractivity contribution in [1.82, 2.24) is 9.80 Å². The number of amides is 1. The summed E-state index contributed by atoms with van der Waals surface area (Å²) in [5, 5.41) is 0.519. The van der Waals surface area contributed by atoms with E-state index in [9.17, 15) is 4.79 Å². The summed E-state index contributed by atoms with van der Waals surface area (Å²) >= 11 is 5.99. The monoisotopic (exact) mass is 307 g/mol. The minimum absolute atomic E-state index is 0.0451. The summed E-state index contributed by atoms with van der Waals surface area (Å²) in [7, 11) is 0. The Morgan fingerprint density at radius 1 is 1.14 bits per heavy atom. The summed E-state index contributed by atoms with van der Waals surface area (Å²) in [5.41, 5.74) is 6.91. The molecular weight excluding hydrogens is 286 g/mol. The molecule has 0 spiro atoms. The van der Waals surface area contributed by atoms with Gasteiger partial charge in [-0.05, 0) is 50.6 Å². The van der Waals surface area contributed by atoms with Crippen molar-refractivity contribution in [3.8, 4) is 0 Å². The zero-order chi connectivity index (χ0) is 14.8. The van der Waals surface area contributed by atoms with Gasteiger partial charge in [-0.3, -0.25) is 9.69 Å². The van der Waals surface area contributed by atoms with Crippen LogP contribution in [-0.2, 0) is 0 Å². The van der Waals surface area contributed by atoms with Crippen molar-refractivity contribution in [1.29, 1.82) is 0 Å². The van der Waals surface area contributed by atoms with E-state index in [0.717, 1.165) is 19.5 Å². The minimum Gasteiger partial charge on any atom is -0.399 e. The van der Waals surface area contributed by atoms with Gasteiger partial charge in [0.15, 0.2) is 0 Å². The lowest BCUT2D eigenvalue weighted by atomic mass is 10.1. The first-order valence-corrected chi connectivity index (χ1v) is 8.11. The molecule has 1 unspecified atom stereocenters. The second kappa shape index (κ2) is 6.24. The van der Waals surface area contributed by atoms with Crippen LogP contribution in [0.25, 0.3) is 0 Å². The molecule has 1 aromatic carbocycles. The molecular formula is C16H22ClN3O. The minimum atomic E-state index is 0.0451. The van der Waals surface area contributed by atoms with E-state index in [-0.39, 0.29) is 5.91 Å². The molecule has 21 heavy (non-hydrogen) atoms. The maximum atomic E-state index is 12.6. The molecule has 0 radical (unpaired) electrons. The summed E-state index contributed by atoms with van der Waals surface area (Å²) in [6.45, 7) is 4.01. The molecule has 1 aromatic rings. The molecule has 0 saturated carbocycles. The summed E-state index contributed by atoms with van der Waals surface area (Å²) in [5.74, 6) is 0.0451. The van der Waals surface area contributed by atoms with Crippen LogP contribution in [0.4, 0.5) is 5.69 Å². The van der Waals surface area contributed by atoms with Crippen LogP contribution in [0.1, 0.15) is 36.0 Å². The van der Waals surface area contributed by atoms with Gasteiger partial charge >= 0.3 is 0 Å². The van der Waals surface area contributed by atoms with Crippen molar-refractivity contribution >= 4 is 23.2 Å². The number of anilines is 1. The van der Waals surface area contributed by atoms with Gasteiger partial charge in [-0.2, -0.15) is 0 Å². The first-order valence-electron chi connectivity index (χ1n) is 7.73. The number of hydrogen-bond donors (Lipinski definition) is 1. The number of halogens is 1. The van der Waals surface area contributed by atoms with Gasteiger partial charge in [0.1, 0.15) is 0 Å². The van der Waals surface area contributed by atoms with Gasteiger partial charge in [0.2, 0.25) is 0 Å². The van der Waals surface area contributed by atoms with Gasteiger partial charge in [0, 0.05) is 35.4 Å². The van der Waals surface area contributed by atoms with E-state index in [1.54, 1.807) is 18.2 Å². The highest BCUT2D eigenvalue weighted by molar-refractivity contribution is 6.31. The first-order chi connectivity index (χ1) is 10.1. The summed E-state index contributed by atoms with van der Waals surface area (Å²) in [4.78, 5) is 17.1. The molecule has 2 N–H and O–H groups in total. The van der Waals surface area contributed by atoms with E-state index in [2.05, 4.69) is 4.90 Å². The van der Waals surface area contributed by atoms with Crippen molar-refractivity contribution in [3.05, 3.63) is 28.8 Å². The predicted molar refractivity (Wildman–Crippen MR) is 85.6 cm³/mol. The van der Waals surface area contributed by atoms with Crippen molar-refractivity contribution in [2.24, 2.45) is 0 Å². The third kappa shape index (κ3) is 3.33. The van der Waals surface area contributed by atoms with Crippen LogP contribution in [0.3, 0.4) is 0 Å². The number of likely N-dealkylation sites (tertiary alicyclic amines) is 2. The van der Waals surface area contributed by atoms with Crippen LogP contribution in [0.5, 0.6) is 0 Å². The third-order valence-corrected chi connectivity index (χ3v) is 4.74. The summed E-state index contributed by atoms with van der Waals surface area (Å²) in [6.07, 6.45) is 4.99. The summed E-state index contributed by atoms with van der Waals surface area (Å²) in [6, 6.07) is 5.60. The van der Waals surface area contributed by atoms with Gasteiger partial charge in [-0.1, -0.05) is 18.0 Å². The number of hydrogen-bond acceptors (Lipinski definition) is 3. The lowest BCUT2D eigenvalue weighted by Gasteiger charge is -2.32. The average molecular weight is 308 g/mol. The smallest absolute Gasteiger partial charge is 0.254 e. The number of nitrogen functional groups attached to an aromatic ring is 1. The Morgan fingerprint density at radius 3 is 2.62 bits per heavy atom. The molecule has 2 saturated heterocycles. The van der Waals surface area contributed by atoms with Crippen molar-refractivity contribution in [2.45, 2.75) is 31.7 Å². The molecule has 4 nitrogen and oxygen atoms in total. The summed E-state index contributed by atoms with van der Waals surface area (Å²) < 4.78 is 0. The standard InChI is InChI=1S/C16H22ClN3O/c17-13-8-12(9-14(18)10-13)16(21)20-7-4-15(11-20)19-5-2-1-3-6-19/h8-10,15H,1-7,11,18H2. The number of benzene rings is 1. The van der Waals surface area contributed by atoms with Crippen LogP contribution in [-0.4, -0.2) is 47.9 Å². The lowest BCUT2D eigenvalue weighted by molar-refractivity contribution is 0.0771. The molecule has 1 atom stereocenters. The molecule has 114 valence electrons. The maximum Gasteiger partial charge on any atom is 0.254 e. The van der Waals surface area contributed by atoms with Gasteiger partial charge in [-0.15, -0.1) is 0 Å². The quantitative estimate of drug-likeness (QED) is 0.855. The molecule has 0 aliphatic carbocycles. The van der Waals surface area contributed by atoms with Crippen LogP contribution in [0, 0.1) is 0 Å². The SMILES string of the molecule is Nc1cc(Cl)cc(C(=O)N2CCC(N3CCCCC3)C2)c1. The molecule has 1 amide bonds. The highest BCUT2D eigenvalue weighted by Crippen LogP contribution is 2.23. The number of nitrogens with two attached hydrogens (primary N) is 1. The number of carbonyl (C=O) groups excluding carboxylic acids is 1. The van der Waals surface area contributed by atoms with Crippen molar-refractivity contribution < 1.29 is 4.79 Å². The van der Waals surface area contributed by atoms with Gasteiger partial charge < -0.3 is 10.6 Å². The van der Waals surface area contributed by atoms with E-state index in [0.29, 0.717) is 22.3 Å². The highest BCUT2D eigenvalue weighted by atomic mass is 35.5. The second-order valence-electron chi connectivity index (χ2n) is 6.06. The van der Waals surface area contributed by atoms with Gasteiger partial charge in [0.25, 0.3) is 5.91 Å².